The summed E-state index contributed by atoms with van der Waals surface area (Å²) in [5.74, 6) is -1.07. The highest BCUT2D eigenvalue weighted by molar-refractivity contribution is 9.10. The molecule has 0 radical (unpaired) electrons. The number of pyridine rings is 1. The van der Waals surface area contributed by atoms with Gasteiger partial charge in [-0.15, -0.1) is 0 Å². The Balaban J connectivity index is 2.99. The number of hydrogen-bond acceptors (Lipinski definition) is 4. The second kappa shape index (κ2) is 6.66. The molecular formula is C11H13BrFNO3. The van der Waals surface area contributed by atoms with Crippen LogP contribution in [0.2, 0.25) is 0 Å². The van der Waals surface area contributed by atoms with Crippen molar-refractivity contribution < 1.29 is 18.7 Å². The number of halogens is 2. The normalized spacial score (nSPS) is 10.4. The molecule has 0 aliphatic heterocycles. The second-order valence-electron chi connectivity index (χ2n) is 3.36. The Morgan fingerprint density at radius 1 is 1.53 bits per heavy atom. The number of hydrogen-bond donors (Lipinski definition) is 0. The molecule has 0 aromatic carbocycles. The van der Waals surface area contributed by atoms with Gasteiger partial charge in [0.1, 0.15) is 4.60 Å². The summed E-state index contributed by atoms with van der Waals surface area (Å²) in [6.45, 7) is 0.540. The van der Waals surface area contributed by atoms with Crippen LogP contribution in [0.15, 0.2) is 10.7 Å². The zero-order valence-corrected chi connectivity index (χ0v) is 11.2. The monoisotopic (exact) mass is 305 g/mol. The summed E-state index contributed by atoms with van der Waals surface area (Å²) in [6.07, 6.45) is 1.19. The molecule has 0 aliphatic rings. The number of ether oxygens (including phenoxy) is 2. The molecule has 17 heavy (non-hydrogen) atoms. The van der Waals surface area contributed by atoms with Crippen LogP contribution in [0.25, 0.3) is 0 Å². The predicted molar refractivity (Wildman–Crippen MR) is 63.4 cm³/mol. The molecule has 4 nitrogen and oxygen atoms in total. The fraction of sp³-hybridized carbons (Fsp3) is 0.455. The highest BCUT2D eigenvalue weighted by Gasteiger charge is 2.16. The molecule has 0 spiro atoms. The van der Waals surface area contributed by atoms with Crippen molar-refractivity contribution in [2.45, 2.75) is 12.8 Å². The maximum atomic E-state index is 13.3. The number of esters is 1. The van der Waals surface area contributed by atoms with Gasteiger partial charge < -0.3 is 9.47 Å². The average molecular weight is 306 g/mol. The van der Waals surface area contributed by atoms with Gasteiger partial charge >= 0.3 is 5.97 Å². The fourth-order valence-electron chi connectivity index (χ4n) is 1.38. The molecule has 1 rings (SSSR count). The van der Waals surface area contributed by atoms with Crippen molar-refractivity contribution in [2.75, 3.05) is 20.8 Å². The second-order valence-corrected chi connectivity index (χ2v) is 4.11. The van der Waals surface area contributed by atoms with Crippen LogP contribution in [0, 0.1) is 5.82 Å². The molecule has 0 amide bonds. The van der Waals surface area contributed by atoms with Crippen molar-refractivity contribution in [3.8, 4) is 0 Å². The third-order valence-electron chi connectivity index (χ3n) is 2.19. The van der Waals surface area contributed by atoms with Gasteiger partial charge in [-0.2, -0.15) is 0 Å². The zero-order chi connectivity index (χ0) is 12.8. The number of nitrogens with zero attached hydrogens (tertiary/aromatic N) is 1. The van der Waals surface area contributed by atoms with Gasteiger partial charge in [0, 0.05) is 13.7 Å². The first-order valence-electron chi connectivity index (χ1n) is 5.02. The van der Waals surface area contributed by atoms with Gasteiger partial charge in [0.2, 0.25) is 0 Å². The average Bonchev–Trinajstić information content (AvgIpc) is 2.32. The third kappa shape index (κ3) is 3.74. The van der Waals surface area contributed by atoms with E-state index in [1.54, 1.807) is 7.11 Å². The van der Waals surface area contributed by atoms with Gasteiger partial charge in [0.15, 0.2) is 11.5 Å². The van der Waals surface area contributed by atoms with Crippen molar-refractivity contribution in [1.29, 1.82) is 0 Å². The van der Waals surface area contributed by atoms with E-state index < -0.39 is 11.8 Å². The van der Waals surface area contributed by atoms with E-state index in [0.29, 0.717) is 25.0 Å². The molecule has 0 bridgehead atoms. The minimum atomic E-state index is -0.571. The van der Waals surface area contributed by atoms with E-state index in [9.17, 15) is 9.18 Å². The number of aromatic nitrogens is 1. The lowest BCUT2D eigenvalue weighted by atomic mass is 10.1. The first-order chi connectivity index (χ1) is 8.10. The van der Waals surface area contributed by atoms with E-state index in [0.717, 1.165) is 0 Å². The molecule has 0 atom stereocenters. The summed E-state index contributed by atoms with van der Waals surface area (Å²) in [5.41, 5.74) is 0.659. The predicted octanol–water partition coefficient (Wildman–Crippen LogP) is 2.35. The molecule has 1 heterocycles. The van der Waals surface area contributed by atoms with E-state index in [-0.39, 0.29) is 10.3 Å². The summed E-state index contributed by atoms with van der Waals surface area (Å²) in [4.78, 5) is 15.3. The first-order valence-corrected chi connectivity index (χ1v) is 5.81. The molecule has 94 valence electrons. The van der Waals surface area contributed by atoms with Gasteiger partial charge in [-0.05, 0) is 40.4 Å². The van der Waals surface area contributed by atoms with Gasteiger partial charge in [-0.25, -0.2) is 14.2 Å². The SMILES string of the molecule is COCCCc1cc(F)c(Br)nc1C(=O)OC. The van der Waals surface area contributed by atoms with Crippen molar-refractivity contribution in [1.82, 2.24) is 4.98 Å². The summed E-state index contributed by atoms with van der Waals surface area (Å²) < 4.78 is 22.9. The number of methoxy groups -OCH3 is 2. The van der Waals surface area contributed by atoms with E-state index in [2.05, 4.69) is 25.7 Å². The fourth-order valence-corrected chi connectivity index (χ4v) is 1.67. The lowest BCUT2D eigenvalue weighted by Crippen LogP contribution is -2.10. The van der Waals surface area contributed by atoms with Crippen molar-refractivity contribution in [3.63, 3.8) is 0 Å². The Morgan fingerprint density at radius 2 is 2.24 bits per heavy atom. The van der Waals surface area contributed by atoms with E-state index >= 15 is 0 Å². The lowest BCUT2D eigenvalue weighted by Gasteiger charge is -2.08. The number of carbonyl (C=O) groups is 1. The van der Waals surface area contributed by atoms with Crippen LogP contribution in [0.3, 0.4) is 0 Å². The Bertz CT molecular complexity index is 412. The van der Waals surface area contributed by atoms with E-state index in [4.69, 9.17) is 4.74 Å². The summed E-state index contributed by atoms with van der Waals surface area (Å²) in [5, 5.41) is 0. The van der Waals surface area contributed by atoms with E-state index in [1.165, 1.54) is 13.2 Å². The highest BCUT2D eigenvalue weighted by atomic mass is 79.9. The molecule has 0 fully saturated rings. The highest BCUT2D eigenvalue weighted by Crippen LogP contribution is 2.19. The molecule has 6 heteroatoms. The van der Waals surface area contributed by atoms with Crippen molar-refractivity contribution >= 4 is 21.9 Å². The minimum absolute atomic E-state index is 0.00777. The van der Waals surface area contributed by atoms with Crippen LogP contribution in [0.4, 0.5) is 4.39 Å². The van der Waals surface area contributed by atoms with Crippen LogP contribution in [-0.4, -0.2) is 31.8 Å². The zero-order valence-electron chi connectivity index (χ0n) is 9.63. The van der Waals surface area contributed by atoms with Gasteiger partial charge in [-0.3, -0.25) is 0 Å². The number of rotatable bonds is 5. The number of aryl methyl sites for hydroxylation is 1. The van der Waals surface area contributed by atoms with Crippen molar-refractivity contribution in [3.05, 3.63) is 27.7 Å². The number of carbonyl (C=O) groups excluding carboxylic acids is 1. The molecular weight excluding hydrogens is 293 g/mol. The van der Waals surface area contributed by atoms with Crippen LogP contribution in [0.5, 0.6) is 0 Å². The Labute approximate surface area is 107 Å². The molecule has 0 saturated heterocycles. The lowest BCUT2D eigenvalue weighted by molar-refractivity contribution is 0.0592. The Kier molecular flexibility index (Phi) is 5.50. The molecule has 0 unspecified atom stereocenters. The van der Waals surface area contributed by atoms with Gasteiger partial charge in [0.05, 0.1) is 7.11 Å². The standard InChI is InChI=1S/C11H13BrFNO3/c1-16-5-3-4-7-6-8(13)10(12)14-9(7)11(15)17-2/h6H,3-5H2,1-2H3. The van der Waals surface area contributed by atoms with Crippen LogP contribution >= 0.6 is 15.9 Å². The summed E-state index contributed by atoms with van der Waals surface area (Å²) in [6, 6.07) is 1.29. The molecule has 1 aromatic heterocycles. The topological polar surface area (TPSA) is 48.4 Å². The first kappa shape index (κ1) is 14.1. The molecule has 0 aliphatic carbocycles. The Hall–Kier alpha value is -1.01. The minimum Gasteiger partial charge on any atom is -0.464 e. The van der Waals surface area contributed by atoms with Gasteiger partial charge in [0.25, 0.3) is 0 Å². The molecule has 0 saturated carbocycles. The third-order valence-corrected chi connectivity index (χ3v) is 2.74. The van der Waals surface area contributed by atoms with Crippen LogP contribution < -0.4 is 0 Å². The Morgan fingerprint density at radius 3 is 2.82 bits per heavy atom. The van der Waals surface area contributed by atoms with Crippen LogP contribution in [-0.2, 0) is 15.9 Å². The smallest absolute Gasteiger partial charge is 0.356 e. The summed E-state index contributed by atoms with van der Waals surface area (Å²) in [7, 11) is 2.85. The maximum Gasteiger partial charge on any atom is 0.356 e. The summed E-state index contributed by atoms with van der Waals surface area (Å²) >= 11 is 2.94. The van der Waals surface area contributed by atoms with Crippen molar-refractivity contribution in [2.24, 2.45) is 0 Å². The molecule has 0 N–H and O–H groups in total. The van der Waals surface area contributed by atoms with Crippen LogP contribution in [0.1, 0.15) is 22.5 Å². The largest absolute Gasteiger partial charge is 0.464 e. The van der Waals surface area contributed by atoms with Gasteiger partial charge in [-0.1, -0.05) is 0 Å². The molecule has 1 aromatic rings. The maximum absolute atomic E-state index is 13.3. The van der Waals surface area contributed by atoms with E-state index in [1.807, 2.05) is 0 Å². The quantitative estimate of drug-likeness (QED) is 0.476.